The fourth-order valence-electron chi connectivity index (χ4n) is 9.20. The molecule has 9 aromatic carbocycles. The van der Waals surface area contributed by atoms with Crippen LogP contribution in [0.2, 0.25) is 0 Å². The van der Waals surface area contributed by atoms with E-state index in [1.807, 2.05) is 118 Å². The maximum Gasteiger partial charge on any atom is 0.238 e. The van der Waals surface area contributed by atoms with Crippen molar-refractivity contribution >= 4 is 65.6 Å². The van der Waals surface area contributed by atoms with Crippen LogP contribution in [-0.2, 0) is 0 Å². The monoisotopic (exact) mass is 810 g/mol. The molecule has 63 heavy (non-hydrogen) atoms. The molecule has 13 rings (SSSR count). The van der Waals surface area contributed by atoms with Crippen LogP contribution in [0, 0.1) is 0 Å². The van der Waals surface area contributed by atoms with Crippen molar-refractivity contribution in [2.45, 2.75) is 0 Å². The summed E-state index contributed by atoms with van der Waals surface area (Å²) < 4.78 is 57.1. The van der Waals surface area contributed by atoms with Crippen molar-refractivity contribution in [2.75, 3.05) is 0 Å². The van der Waals surface area contributed by atoms with E-state index in [2.05, 4.69) is 42.5 Å². The molecule has 0 aliphatic rings. The highest BCUT2D eigenvalue weighted by atomic mass is 16.3. The molecular weight excluding hydrogens is 771 g/mol. The van der Waals surface area contributed by atoms with Crippen molar-refractivity contribution in [3.8, 4) is 56.7 Å². The first-order chi connectivity index (χ1) is 33.3. The molecule has 0 radical (unpaired) electrons. The maximum absolute atomic E-state index is 9.96. The number of benzene rings is 9. The van der Waals surface area contributed by atoms with Gasteiger partial charge >= 0.3 is 0 Å². The Bertz CT molecular complexity index is 4150. The molecule has 0 spiro atoms. The van der Waals surface area contributed by atoms with Crippen LogP contribution in [-0.4, -0.2) is 24.1 Å². The number of rotatable bonds is 6. The molecule has 0 bridgehead atoms. The lowest BCUT2D eigenvalue weighted by molar-refractivity contribution is 0.669. The zero-order valence-electron chi connectivity index (χ0n) is 38.5. The lowest BCUT2D eigenvalue weighted by Gasteiger charge is -2.14. The Morgan fingerprint density at radius 1 is 0.397 bits per heavy atom. The van der Waals surface area contributed by atoms with E-state index in [4.69, 9.17) is 22.1 Å². The zero-order chi connectivity index (χ0) is 45.8. The van der Waals surface area contributed by atoms with Crippen molar-refractivity contribution in [1.29, 1.82) is 0 Å². The lowest BCUT2D eigenvalue weighted by Crippen LogP contribution is -2.06. The molecule has 0 aliphatic carbocycles. The quantitative estimate of drug-likeness (QED) is 0.168. The van der Waals surface area contributed by atoms with Crippen LogP contribution in [0.4, 0.5) is 0 Å². The van der Waals surface area contributed by atoms with Crippen LogP contribution in [0.25, 0.3) is 122 Å². The molecule has 0 atom stereocenters. The van der Waals surface area contributed by atoms with Gasteiger partial charge in [0.15, 0.2) is 11.6 Å². The molecule has 0 saturated heterocycles. The highest BCUT2D eigenvalue weighted by Gasteiger charge is 2.24. The van der Waals surface area contributed by atoms with E-state index < -0.39 is 0 Å². The Kier molecular flexibility index (Phi) is 6.75. The second kappa shape index (κ2) is 14.0. The first kappa shape index (κ1) is 30.4. The molecule has 0 N–H and O–H groups in total. The summed E-state index contributed by atoms with van der Waals surface area (Å²) in [5.74, 6) is 1.00. The molecule has 6 nitrogen and oxygen atoms in total. The average molecular weight is 811 g/mol. The third-order valence-electron chi connectivity index (χ3n) is 12.0. The summed E-state index contributed by atoms with van der Waals surface area (Å²) in [5.41, 5.74) is 9.59. The molecule has 4 aromatic heterocycles. The topological polar surface area (TPSA) is 61.7 Å². The van der Waals surface area contributed by atoms with Crippen molar-refractivity contribution in [2.24, 2.45) is 0 Å². The second-order valence-corrected chi connectivity index (χ2v) is 15.6. The molecule has 4 heterocycles. The summed E-state index contributed by atoms with van der Waals surface area (Å²) in [5, 5.41) is 4.11. The SMILES string of the molecule is [2H]c1cc([2H])c2c(c1)c1c(c([2H])cc3c4cc([2H])cc([2H])c4n(-c4nc(-c5ccccc5)nc(-c5cccc6oc7ccccc7c56)n4)c31)n2-c1cc(-c2ccccc2)cc(-c2ccccc2)c1. The van der Waals surface area contributed by atoms with Gasteiger partial charge in [0.2, 0.25) is 5.95 Å². The standard InChI is InChI=1S/C57H35N5O/c1-4-17-36(18-5-1)39-33-40(37-19-6-2-7-20-37)35-41(34-39)61-48-28-14-11-24-44(48)53-49(61)32-31-43-42-23-10-13-27-47(42)62(54(43)53)57-59-55(38-21-8-3-9-22-38)58-56(60-57)46-26-16-30-51-52(46)45-25-12-15-29-50(45)63-51/h1-35H/i10D,11D,27D,28D,32D. The van der Waals surface area contributed by atoms with E-state index in [0.29, 0.717) is 60.8 Å². The van der Waals surface area contributed by atoms with E-state index >= 15 is 0 Å². The van der Waals surface area contributed by atoms with Crippen molar-refractivity contribution in [3.63, 3.8) is 0 Å². The Hall–Kier alpha value is -8.61. The lowest BCUT2D eigenvalue weighted by atomic mass is 9.98. The van der Waals surface area contributed by atoms with Gasteiger partial charge in [-0.1, -0.05) is 164 Å². The number of furan rings is 1. The van der Waals surface area contributed by atoms with Gasteiger partial charge in [0.25, 0.3) is 0 Å². The molecule has 13 aromatic rings. The molecule has 294 valence electrons. The zero-order valence-corrected chi connectivity index (χ0v) is 33.5. The number of hydrogen-bond acceptors (Lipinski definition) is 4. The molecule has 6 heteroatoms. The highest BCUT2D eigenvalue weighted by Crippen LogP contribution is 2.43. The number of nitrogens with zero attached hydrogens (tertiary/aromatic N) is 5. The third-order valence-corrected chi connectivity index (χ3v) is 12.0. The number of aromatic nitrogens is 5. The van der Waals surface area contributed by atoms with Crippen LogP contribution in [0.5, 0.6) is 0 Å². The smallest absolute Gasteiger partial charge is 0.238 e. The summed E-state index contributed by atoms with van der Waals surface area (Å²) in [4.78, 5) is 15.7. The van der Waals surface area contributed by atoms with Crippen LogP contribution in [0.3, 0.4) is 0 Å². The molecule has 0 amide bonds. The minimum absolute atomic E-state index is 0.0729. The van der Waals surface area contributed by atoms with Gasteiger partial charge in [-0.25, -0.2) is 4.98 Å². The molecule has 0 saturated carbocycles. The highest BCUT2D eigenvalue weighted by molar-refractivity contribution is 6.26. The van der Waals surface area contributed by atoms with E-state index in [1.54, 1.807) is 18.2 Å². The van der Waals surface area contributed by atoms with E-state index in [0.717, 1.165) is 55.4 Å². The van der Waals surface area contributed by atoms with E-state index in [9.17, 15) is 4.11 Å². The van der Waals surface area contributed by atoms with Crippen molar-refractivity contribution in [3.05, 3.63) is 212 Å². The maximum atomic E-state index is 9.96. The fourth-order valence-corrected chi connectivity index (χ4v) is 9.20. The summed E-state index contributed by atoms with van der Waals surface area (Å²) in [6.45, 7) is 0. The fraction of sp³-hybridized carbons (Fsp3) is 0. The van der Waals surface area contributed by atoms with Crippen LogP contribution in [0.1, 0.15) is 6.85 Å². The largest absolute Gasteiger partial charge is 0.456 e. The van der Waals surface area contributed by atoms with E-state index in [1.165, 1.54) is 12.1 Å². The van der Waals surface area contributed by atoms with Crippen molar-refractivity contribution < 1.29 is 11.3 Å². The van der Waals surface area contributed by atoms with Gasteiger partial charge in [-0.15, -0.1) is 0 Å². The Labute approximate surface area is 368 Å². The Balaban J connectivity index is 1.20. The normalized spacial score (nSPS) is 12.9. The van der Waals surface area contributed by atoms with Gasteiger partial charge < -0.3 is 8.98 Å². The number of hydrogen-bond donors (Lipinski definition) is 0. The van der Waals surface area contributed by atoms with Crippen LogP contribution < -0.4 is 0 Å². The van der Waals surface area contributed by atoms with Crippen LogP contribution in [0.15, 0.2) is 217 Å². The third kappa shape index (κ3) is 5.55. The summed E-state index contributed by atoms with van der Waals surface area (Å²) in [7, 11) is 0. The summed E-state index contributed by atoms with van der Waals surface area (Å²) >= 11 is 0. The molecule has 0 fully saturated rings. The van der Waals surface area contributed by atoms with Gasteiger partial charge in [-0.05, 0) is 70.7 Å². The summed E-state index contributed by atoms with van der Waals surface area (Å²) in [6, 6.07) is 59.0. The minimum atomic E-state index is 0.0729. The first-order valence-electron chi connectivity index (χ1n) is 23.3. The number of fused-ring (bicyclic) bond motifs is 10. The molecule has 0 unspecified atom stereocenters. The predicted octanol–water partition coefficient (Wildman–Crippen LogP) is 14.6. The van der Waals surface area contributed by atoms with Gasteiger partial charge in [-0.2, -0.15) is 9.97 Å². The van der Waals surface area contributed by atoms with Crippen molar-refractivity contribution in [1.82, 2.24) is 24.1 Å². The second-order valence-electron chi connectivity index (χ2n) is 15.6. The molecule has 0 aliphatic heterocycles. The first-order valence-corrected chi connectivity index (χ1v) is 20.8. The number of para-hydroxylation sites is 3. The summed E-state index contributed by atoms with van der Waals surface area (Å²) in [6.07, 6.45) is 0. The minimum Gasteiger partial charge on any atom is -0.456 e. The van der Waals surface area contributed by atoms with E-state index in [-0.39, 0.29) is 36.2 Å². The van der Waals surface area contributed by atoms with Crippen LogP contribution >= 0.6 is 0 Å². The average Bonchev–Trinajstić information content (AvgIpc) is 4.03. The van der Waals surface area contributed by atoms with Gasteiger partial charge in [0.1, 0.15) is 11.2 Å². The van der Waals surface area contributed by atoms with Gasteiger partial charge in [0, 0.05) is 49.1 Å². The Morgan fingerprint density at radius 3 is 1.75 bits per heavy atom. The predicted molar refractivity (Wildman–Crippen MR) is 258 cm³/mol. The van der Waals surface area contributed by atoms with Gasteiger partial charge in [-0.3, -0.25) is 4.57 Å². The molecular formula is C57H35N5O. The van der Waals surface area contributed by atoms with Gasteiger partial charge in [0.05, 0.1) is 28.9 Å². The Morgan fingerprint density at radius 2 is 1.02 bits per heavy atom.